The van der Waals surface area contributed by atoms with Crippen molar-refractivity contribution in [2.75, 3.05) is 39.6 Å². The number of aliphatic hydroxyl groups excluding tert-OH is 1. The molecule has 17 nitrogen and oxygen atoms in total. The lowest BCUT2D eigenvalue weighted by Crippen LogP contribution is -2.30. The van der Waals surface area contributed by atoms with Gasteiger partial charge < -0.3 is 33.8 Å². The van der Waals surface area contributed by atoms with E-state index in [1.807, 2.05) is 0 Å². The molecule has 0 rings (SSSR count). The summed E-state index contributed by atoms with van der Waals surface area (Å²) in [5.74, 6) is 0.0974. The van der Waals surface area contributed by atoms with Crippen molar-refractivity contribution in [1.29, 1.82) is 0 Å². The lowest BCUT2D eigenvalue weighted by molar-refractivity contribution is -0.161. The van der Waals surface area contributed by atoms with Crippen LogP contribution in [0.3, 0.4) is 0 Å². The molecular formula is C73H142O17P2. The maximum absolute atomic E-state index is 13.1. The van der Waals surface area contributed by atoms with Crippen LogP contribution in [0.25, 0.3) is 0 Å². The predicted molar refractivity (Wildman–Crippen MR) is 372 cm³/mol. The van der Waals surface area contributed by atoms with Gasteiger partial charge in [0.05, 0.1) is 26.4 Å². The van der Waals surface area contributed by atoms with Gasteiger partial charge in [0, 0.05) is 25.7 Å². The van der Waals surface area contributed by atoms with Crippen LogP contribution in [0.15, 0.2) is 0 Å². The molecule has 0 fully saturated rings. The normalized spacial score (nSPS) is 14.4. The summed E-state index contributed by atoms with van der Waals surface area (Å²) < 4.78 is 68.4. The van der Waals surface area contributed by atoms with Gasteiger partial charge in [-0.15, -0.1) is 0 Å². The summed E-state index contributed by atoms with van der Waals surface area (Å²) in [6.07, 6.45) is 48.6. The topological polar surface area (TPSA) is 237 Å². The summed E-state index contributed by atoms with van der Waals surface area (Å²) in [4.78, 5) is 72.7. The van der Waals surface area contributed by atoms with E-state index in [0.717, 1.165) is 108 Å². The van der Waals surface area contributed by atoms with Gasteiger partial charge >= 0.3 is 39.5 Å². The van der Waals surface area contributed by atoms with Crippen LogP contribution >= 0.6 is 15.6 Å². The van der Waals surface area contributed by atoms with Crippen LogP contribution in [0, 0.1) is 17.8 Å². The molecule has 0 aliphatic heterocycles. The molecule has 0 saturated carbocycles. The Hall–Kier alpha value is -1.94. The molecule has 3 unspecified atom stereocenters. The van der Waals surface area contributed by atoms with E-state index in [4.69, 9.17) is 37.0 Å². The first-order valence-electron chi connectivity index (χ1n) is 37.9. The van der Waals surface area contributed by atoms with Gasteiger partial charge in [0.25, 0.3) is 0 Å². The summed E-state index contributed by atoms with van der Waals surface area (Å²) >= 11 is 0. The third-order valence-electron chi connectivity index (χ3n) is 17.2. The average Bonchev–Trinajstić information content (AvgIpc) is 1.54. The molecule has 0 bridgehead atoms. The molecule has 3 N–H and O–H groups in total. The molecule has 0 amide bonds. The van der Waals surface area contributed by atoms with E-state index in [1.165, 1.54) is 180 Å². The number of phosphoric ester groups is 2. The highest BCUT2D eigenvalue weighted by Crippen LogP contribution is 2.45. The largest absolute Gasteiger partial charge is 0.472 e. The minimum Gasteiger partial charge on any atom is -0.462 e. The number of esters is 4. The molecule has 0 heterocycles. The van der Waals surface area contributed by atoms with Crippen molar-refractivity contribution in [2.45, 2.75) is 388 Å². The minimum absolute atomic E-state index is 0.104. The summed E-state index contributed by atoms with van der Waals surface area (Å²) in [7, 11) is -9.91. The molecule has 0 aromatic carbocycles. The summed E-state index contributed by atoms with van der Waals surface area (Å²) in [5, 5.41) is 10.6. The lowest BCUT2D eigenvalue weighted by Gasteiger charge is -2.21. The number of phosphoric acid groups is 2. The van der Waals surface area contributed by atoms with Crippen LogP contribution in [0.2, 0.25) is 0 Å². The van der Waals surface area contributed by atoms with Crippen molar-refractivity contribution >= 4 is 39.5 Å². The van der Waals surface area contributed by atoms with Crippen molar-refractivity contribution in [1.82, 2.24) is 0 Å². The Morgan fingerprint density at radius 3 is 0.826 bits per heavy atom. The quantitative estimate of drug-likeness (QED) is 0.0222. The maximum Gasteiger partial charge on any atom is 0.472 e. The van der Waals surface area contributed by atoms with Crippen molar-refractivity contribution in [3.8, 4) is 0 Å². The number of aliphatic hydroxyl groups is 1. The highest BCUT2D eigenvalue weighted by Gasteiger charge is 2.30. The van der Waals surface area contributed by atoms with Crippen molar-refractivity contribution in [2.24, 2.45) is 17.8 Å². The van der Waals surface area contributed by atoms with Gasteiger partial charge in [-0.05, 0) is 43.4 Å². The van der Waals surface area contributed by atoms with E-state index in [1.54, 1.807) is 0 Å². The van der Waals surface area contributed by atoms with E-state index in [2.05, 4.69) is 48.5 Å². The fraction of sp³-hybridized carbons (Fsp3) is 0.945. The van der Waals surface area contributed by atoms with Crippen molar-refractivity contribution < 1.29 is 80.2 Å². The number of unbranched alkanes of at least 4 members (excludes halogenated alkanes) is 38. The standard InChI is InChI=1S/C73H142O17P2/c1-8-10-11-12-13-14-15-16-17-18-19-20-21-22-23-35-42-49-56-72(77)89-68(60-84-71(76)55-48-41-34-29-26-32-39-46-53-66(7)9-2)62-87-91(79,80)85-58-67(74)59-86-92(81,82)88-63-69(90-73(78)57-50-43-36-28-25-31-38-45-52-65(5)6)61-83-70(75)54-47-40-33-27-24-30-37-44-51-64(3)4/h64-69,74H,8-63H2,1-7H3,(H,79,80)(H,81,82)/t66?,67-,68-,69-/m1/s1. The van der Waals surface area contributed by atoms with Gasteiger partial charge in [-0.1, -0.05) is 318 Å². The second-order valence-corrected chi connectivity index (χ2v) is 30.4. The first-order valence-corrected chi connectivity index (χ1v) is 40.9. The van der Waals surface area contributed by atoms with E-state index in [-0.39, 0.29) is 25.7 Å². The third kappa shape index (κ3) is 65.4. The number of rotatable bonds is 71. The molecule has 0 aromatic heterocycles. The molecule has 546 valence electrons. The Morgan fingerprint density at radius 1 is 0.315 bits per heavy atom. The van der Waals surface area contributed by atoms with Crippen LogP contribution in [0.4, 0.5) is 0 Å². The van der Waals surface area contributed by atoms with Gasteiger partial charge in [0.2, 0.25) is 0 Å². The van der Waals surface area contributed by atoms with Crippen LogP contribution in [-0.4, -0.2) is 96.7 Å². The molecule has 0 aliphatic rings. The van der Waals surface area contributed by atoms with E-state index >= 15 is 0 Å². The number of hydrogen-bond acceptors (Lipinski definition) is 15. The second kappa shape index (κ2) is 63.8. The minimum atomic E-state index is -4.95. The maximum atomic E-state index is 13.1. The van der Waals surface area contributed by atoms with Gasteiger partial charge in [-0.2, -0.15) is 0 Å². The Morgan fingerprint density at radius 2 is 0.554 bits per heavy atom. The Labute approximate surface area is 562 Å². The second-order valence-electron chi connectivity index (χ2n) is 27.5. The van der Waals surface area contributed by atoms with E-state index in [9.17, 15) is 43.2 Å². The summed E-state index contributed by atoms with van der Waals surface area (Å²) in [6, 6.07) is 0. The van der Waals surface area contributed by atoms with Gasteiger partial charge in [0.1, 0.15) is 19.3 Å². The molecule has 0 aromatic rings. The Balaban J connectivity index is 5.24. The van der Waals surface area contributed by atoms with Crippen LogP contribution in [0.5, 0.6) is 0 Å². The highest BCUT2D eigenvalue weighted by molar-refractivity contribution is 7.47. The fourth-order valence-electron chi connectivity index (χ4n) is 11.0. The van der Waals surface area contributed by atoms with Gasteiger partial charge in [-0.25, -0.2) is 9.13 Å². The van der Waals surface area contributed by atoms with Crippen molar-refractivity contribution in [3.63, 3.8) is 0 Å². The number of hydrogen-bond donors (Lipinski definition) is 3. The average molecular weight is 1350 g/mol. The van der Waals surface area contributed by atoms with E-state index < -0.39 is 97.5 Å². The molecule has 19 heteroatoms. The van der Waals surface area contributed by atoms with Crippen LogP contribution in [0.1, 0.15) is 370 Å². The zero-order valence-corrected chi connectivity index (χ0v) is 61.8. The third-order valence-corrected chi connectivity index (χ3v) is 19.1. The fourth-order valence-corrected chi connectivity index (χ4v) is 12.6. The van der Waals surface area contributed by atoms with Gasteiger partial charge in [0.15, 0.2) is 12.2 Å². The van der Waals surface area contributed by atoms with Crippen molar-refractivity contribution in [3.05, 3.63) is 0 Å². The predicted octanol–water partition coefficient (Wildman–Crippen LogP) is 21.0. The van der Waals surface area contributed by atoms with E-state index in [0.29, 0.717) is 25.7 Å². The zero-order valence-electron chi connectivity index (χ0n) is 60.0. The highest BCUT2D eigenvalue weighted by atomic mass is 31.2. The Bertz CT molecular complexity index is 1800. The molecule has 92 heavy (non-hydrogen) atoms. The Kier molecular flexibility index (Phi) is 62.4. The SMILES string of the molecule is CCCCCCCCCCCCCCCCCCCCC(=O)O[C@H](COC(=O)CCCCCCCCCCC(C)CC)COP(=O)(O)OC[C@@H](O)COP(=O)(O)OC[C@@H](COC(=O)CCCCCCCCCCC(C)C)OC(=O)CCCCCCCCCCC(C)C. The lowest BCUT2D eigenvalue weighted by atomic mass is 9.99. The van der Waals surface area contributed by atoms with Gasteiger partial charge in [-0.3, -0.25) is 37.3 Å². The van der Waals surface area contributed by atoms with Crippen LogP contribution in [-0.2, 0) is 65.4 Å². The molecule has 0 spiro atoms. The monoisotopic (exact) mass is 1350 g/mol. The molecule has 0 saturated heterocycles. The molecule has 0 radical (unpaired) electrons. The smallest absolute Gasteiger partial charge is 0.462 e. The summed E-state index contributed by atoms with van der Waals surface area (Å²) in [5.41, 5.74) is 0. The first kappa shape index (κ1) is 90.1. The summed E-state index contributed by atoms with van der Waals surface area (Å²) in [6.45, 7) is 11.8. The first-order chi connectivity index (χ1) is 44.3. The zero-order chi connectivity index (χ0) is 68.0. The molecular weight excluding hydrogens is 1210 g/mol. The molecule has 6 atom stereocenters. The number of carbonyl (C=O) groups is 4. The molecule has 0 aliphatic carbocycles. The number of ether oxygens (including phenoxy) is 4. The number of carbonyl (C=O) groups excluding carboxylic acids is 4. The van der Waals surface area contributed by atoms with Crippen LogP contribution < -0.4 is 0 Å².